The largest absolute Gasteiger partial charge is 0.379 e. The van der Waals surface area contributed by atoms with Gasteiger partial charge in [0.1, 0.15) is 0 Å². The highest BCUT2D eigenvalue weighted by Gasteiger charge is 2.43. The van der Waals surface area contributed by atoms with Crippen molar-refractivity contribution in [2.75, 3.05) is 14.1 Å². The molecule has 1 aromatic carbocycles. The number of hydrogen-bond donors (Lipinski definition) is 1. The predicted octanol–water partition coefficient (Wildman–Crippen LogP) is 3.25. The monoisotopic (exact) mass is 298 g/mol. The maximum absolute atomic E-state index is 12.4. The number of likely N-dealkylation sites (N-methyl/N-ethyl adjacent to an activating group) is 1. The summed E-state index contributed by atoms with van der Waals surface area (Å²) in [5.74, 6) is 0.114. The lowest BCUT2D eigenvalue weighted by atomic mass is 9.86. The summed E-state index contributed by atoms with van der Waals surface area (Å²) in [4.78, 5) is 14.5. The fraction of sp³-hybridized carbons (Fsp3) is 0.421. The first-order chi connectivity index (χ1) is 10.3. The normalized spacial score (nSPS) is 21.3. The minimum Gasteiger partial charge on any atom is -0.379 e. The number of allylic oxidation sites excluding steroid dienone is 2. The van der Waals surface area contributed by atoms with Gasteiger partial charge in [0.2, 0.25) is 0 Å². The topological polar surface area (TPSA) is 32.3 Å². The summed E-state index contributed by atoms with van der Waals surface area (Å²) in [7, 11) is 4.05. The van der Waals surface area contributed by atoms with Gasteiger partial charge in [-0.1, -0.05) is 30.3 Å². The summed E-state index contributed by atoms with van der Waals surface area (Å²) in [6.45, 7) is 7.98. The number of ketones is 1. The van der Waals surface area contributed by atoms with Gasteiger partial charge in [-0.25, -0.2) is 0 Å². The molecule has 1 unspecified atom stereocenters. The Morgan fingerprint density at radius 2 is 1.77 bits per heavy atom. The van der Waals surface area contributed by atoms with Gasteiger partial charge in [0.15, 0.2) is 5.78 Å². The van der Waals surface area contributed by atoms with E-state index in [0.717, 1.165) is 22.4 Å². The molecule has 0 radical (unpaired) electrons. The second-order valence-electron chi connectivity index (χ2n) is 6.56. The highest BCUT2D eigenvalue weighted by atomic mass is 16.1. The van der Waals surface area contributed by atoms with E-state index in [9.17, 15) is 4.79 Å². The van der Waals surface area contributed by atoms with E-state index < -0.39 is 5.54 Å². The molecule has 0 saturated heterocycles. The second-order valence-corrected chi connectivity index (χ2v) is 6.56. The van der Waals surface area contributed by atoms with Crippen LogP contribution in [0, 0.1) is 0 Å². The van der Waals surface area contributed by atoms with Crippen LogP contribution in [0.1, 0.15) is 33.3 Å². The summed E-state index contributed by atoms with van der Waals surface area (Å²) in [6, 6.07) is 10.4. The first kappa shape index (κ1) is 16.5. The molecule has 0 aromatic heterocycles. The number of hydrogen-bond acceptors (Lipinski definition) is 3. The molecule has 22 heavy (non-hydrogen) atoms. The van der Waals surface area contributed by atoms with Gasteiger partial charge in [-0.2, -0.15) is 0 Å². The number of carbonyl (C=O) groups excluding carboxylic acids is 1. The molecule has 118 valence electrons. The molecular weight excluding hydrogens is 272 g/mol. The van der Waals surface area contributed by atoms with Gasteiger partial charge in [0, 0.05) is 31.4 Å². The number of nitrogens with one attached hydrogen (secondary N) is 1. The van der Waals surface area contributed by atoms with Crippen LogP contribution in [0.15, 0.2) is 47.7 Å². The molecule has 0 aliphatic heterocycles. The minimum atomic E-state index is -0.464. The fourth-order valence-electron chi connectivity index (χ4n) is 3.44. The maximum Gasteiger partial charge on any atom is 0.158 e. The Bertz CT molecular complexity index is 626. The van der Waals surface area contributed by atoms with Crippen LogP contribution in [0.4, 0.5) is 0 Å². The van der Waals surface area contributed by atoms with Crippen molar-refractivity contribution in [2.24, 2.45) is 0 Å². The van der Waals surface area contributed by atoms with Crippen molar-refractivity contribution < 1.29 is 4.79 Å². The molecule has 0 bridgehead atoms. The van der Waals surface area contributed by atoms with E-state index in [2.05, 4.69) is 49.2 Å². The van der Waals surface area contributed by atoms with Gasteiger partial charge in [-0.05, 0) is 44.9 Å². The van der Waals surface area contributed by atoms with Crippen LogP contribution >= 0.6 is 0 Å². The van der Waals surface area contributed by atoms with Crippen LogP contribution in [-0.4, -0.2) is 36.4 Å². The minimum absolute atomic E-state index is 0.114. The molecule has 1 aliphatic carbocycles. The highest BCUT2D eigenvalue weighted by Crippen LogP contribution is 2.41. The zero-order valence-electron chi connectivity index (χ0n) is 14.4. The zero-order valence-corrected chi connectivity index (χ0v) is 14.4. The van der Waals surface area contributed by atoms with Crippen molar-refractivity contribution in [3.63, 3.8) is 0 Å². The highest BCUT2D eigenvalue weighted by molar-refractivity contribution is 6.08. The van der Waals surface area contributed by atoms with Crippen molar-refractivity contribution in [3.05, 3.63) is 53.2 Å². The Kier molecular flexibility index (Phi) is 4.57. The summed E-state index contributed by atoms with van der Waals surface area (Å²) in [5, 5.41) is 3.59. The number of rotatable bonds is 5. The molecule has 3 heteroatoms. The quantitative estimate of drug-likeness (QED) is 0.905. The molecule has 1 N–H and O–H groups in total. The number of benzene rings is 1. The van der Waals surface area contributed by atoms with Crippen LogP contribution in [0.25, 0.3) is 5.57 Å². The summed E-state index contributed by atoms with van der Waals surface area (Å²) in [5.41, 5.74) is 3.60. The van der Waals surface area contributed by atoms with Crippen LogP contribution < -0.4 is 5.32 Å². The van der Waals surface area contributed by atoms with Crippen LogP contribution in [0.5, 0.6) is 0 Å². The van der Waals surface area contributed by atoms with E-state index in [4.69, 9.17) is 0 Å². The van der Waals surface area contributed by atoms with Crippen LogP contribution in [-0.2, 0) is 4.79 Å². The van der Waals surface area contributed by atoms with E-state index in [1.54, 1.807) is 6.92 Å². The third kappa shape index (κ3) is 2.86. The van der Waals surface area contributed by atoms with Crippen molar-refractivity contribution in [3.8, 4) is 0 Å². The molecule has 0 heterocycles. The van der Waals surface area contributed by atoms with Gasteiger partial charge in [0.05, 0.1) is 5.54 Å². The Morgan fingerprint density at radius 1 is 1.18 bits per heavy atom. The van der Waals surface area contributed by atoms with Crippen LogP contribution in [0.3, 0.4) is 0 Å². The van der Waals surface area contributed by atoms with Gasteiger partial charge in [-0.3, -0.25) is 4.79 Å². The van der Waals surface area contributed by atoms with E-state index >= 15 is 0 Å². The van der Waals surface area contributed by atoms with Crippen molar-refractivity contribution in [1.82, 2.24) is 10.2 Å². The summed E-state index contributed by atoms with van der Waals surface area (Å²) in [6.07, 6.45) is 2.14. The first-order valence-electron chi connectivity index (χ1n) is 7.75. The number of Topliss-reactive ketones (excluding diaryl/α,β-unsaturated/α-hetero) is 1. The lowest BCUT2D eigenvalue weighted by Gasteiger charge is -2.37. The number of nitrogens with zero attached hydrogens (tertiary/aromatic N) is 1. The van der Waals surface area contributed by atoms with Crippen molar-refractivity contribution in [2.45, 2.75) is 39.3 Å². The third-order valence-electron chi connectivity index (χ3n) is 4.06. The SMILES string of the molecule is CC(=O)C1=C(c2ccccc2)C=C(N(C)C)C1(C)NC(C)C. The Balaban J connectivity index is 2.67. The standard InChI is InChI=1S/C19H26N2O/c1-13(2)20-19(4)17(21(5)6)12-16(18(19)14(3)22)15-10-8-7-9-11-15/h7-13,20H,1-6H3. The average molecular weight is 298 g/mol. The molecule has 3 nitrogen and oxygen atoms in total. The molecular formula is C19H26N2O. The lowest BCUT2D eigenvalue weighted by Crippen LogP contribution is -2.52. The molecule has 2 rings (SSSR count). The zero-order chi connectivity index (χ0) is 16.5. The Hall–Kier alpha value is -1.87. The molecule has 0 spiro atoms. The first-order valence-corrected chi connectivity index (χ1v) is 7.75. The summed E-state index contributed by atoms with van der Waals surface area (Å²) < 4.78 is 0. The van der Waals surface area contributed by atoms with Gasteiger partial charge >= 0.3 is 0 Å². The Morgan fingerprint density at radius 3 is 2.23 bits per heavy atom. The van der Waals surface area contributed by atoms with Gasteiger partial charge < -0.3 is 10.2 Å². The third-order valence-corrected chi connectivity index (χ3v) is 4.06. The second kappa shape index (κ2) is 6.09. The molecule has 0 amide bonds. The summed E-state index contributed by atoms with van der Waals surface area (Å²) >= 11 is 0. The van der Waals surface area contributed by atoms with Gasteiger partial charge in [0.25, 0.3) is 0 Å². The van der Waals surface area contributed by atoms with Crippen molar-refractivity contribution >= 4 is 11.4 Å². The lowest BCUT2D eigenvalue weighted by molar-refractivity contribution is -0.114. The average Bonchev–Trinajstić information content (AvgIpc) is 2.72. The van der Waals surface area contributed by atoms with E-state index in [0.29, 0.717) is 0 Å². The van der Waals surface area contributed by atoms with E-state index in [1.807, 2.05) is 32.3 Å². The van der Waals surface area contributed by atoms with E-state index in [-0.39, 0.29) is 11.8 Å². The predicted molar refractivity (Wildman–Crippen MR) is 92.5 cm³/mol. The smallest absolute Gasteiger partial charge is 0.158 e. The number of carbonyl (C=O) groups is 1. The Labute approximate surface area is 133 Å². The molecule has 0 fully saturated rings. The van der Waals surface area contributed by atoms with Crippen molar-refractivity contribution in [1.29, 1.82) is 0 Å². The van der Waals surface area contributed by atoms with E-state index in [1.165, 1.54) is 0 Å². The van der Waals surface area contributed by atoms with Crippen LogP contribution in [0.2, 0.25) is 0 Å². The van der Waals surface area contributed by atoms with Gasteiger partial charge in [-0.15, -0.1) is 0 Å². The molecule has 1 aromatic rings. The maximum atomic E-state index is 12.4. The molecule has 1 atom stereocenters. The molecule has 0 saturated carbocycles. The fourth-order valence-corrected chi connectivity index (χ4v) is 3.44. The molecule has 1 aliphatic rings.